The standard InChI is InChI=1S/C34H66O4/c1-4-7-10-13-16-17-18-19-22-25-28-32(34(36)38-30-27-24-21-15-12-9-6-3)31-33(35)37-29-26-23-20-14-11-8-5-2/h32H,4-31H2,1-3H3. The van der Waals surface area contributed by atoms with Gasteiger partial charge in [-0.25, -0.2) is 0 Å². The van der Waals surface area contributed by atoms with E-state index in [1.54, 1.807) is 0 Å². The van der Waals surface area contributed by atoms with E-state index in [2.05, 4.69) is 20.8 Å². The van der Waals surface area contributed by atoms with E-state index in [1.807, 2.05) is 0 Å². The number of rotatable bonds is 30. The molecule has 1 unspecified atom stereocenters. The van der Waals surface area contributed by atoms with Crippen LogP contribution in [0.4, 0.5) is 0 Å². The second-order valence-corrected chi connectivity index (χ2v) is 11.5. The number of carbonyl (C=O) groups is 2. The molecule has 0 bridgehead atoms. The first kappa shape index (κ1) is 36.9. The van der Waals surface area contributed by atoms with Gasteiger partial charge in [0, 0.05) is 0 Å². The highest BCUT2D eigenvalue weighted by molar-refractivity contribution is 5.79. The maximum absolute atomic E-state index is 12.8. The molecule has 0 radical (unpaired) electrons. The quantitative estimate of drug-likeness (QED) is 0.0674. The zero-order valence-corrected chi connectivity index (χ0v) is 26.0. The fourth-order valence-corrected chi connectivity index (χ4v) is 5.04. The van der Waals surface area contributed by atoms with Crippen molar-refractivity contribution in [1.82, 2.24) is 0 Å². The minimum atomic E-state index is -0.352. The topological polar surface area (TPSA) is 52.6 Å². The SMILES string of the molecule is CCCCCCCCCCCCC(CC(=O)OCCCCCCCCC)C(=O)OCCCCCCCCC. The first-order valence-electron chi connectivity index (χ1n) is 17.0. The third kappa shape index (κ3) is 26.5. The zero-order valence-electron chi connectivity index (χ0n) is 26.0. The highest BCUT2D eigenvalue weighted by Gasteiger charge is 2.24. The van der Waals surface area contributed by atoms with Crippen LogP contribution < -0.4 is 0 Å². The largest absolute Gasteiger partial charge is 0.466 e. The third-order valence-electron chi connectivity index (χ3n) is 7.66. The van der Waals surface area contributed by atoms with Crippen molar-refractivity contribution >= 4 is 11.9 Å². The molecule has 0 amide bonds. The smallest absolute Gasteiger partial charge is 0.309 e. The molecule has 0 heterocycles. The van der Waals surface area contributed by atoms with Crippen LogP contribution in [0, 0.1) is 5.92 Å². The van der Waals surface area contributed by atoms with Crippen molar-refractivity contribution in [3.63, 3.8) is 0 Å². The molecule has 38 heavy (non-hydrogen) atoms. The van der Waals surface area contributed by atoms with Crippen LogP contribution in [0.2, 0.25) is 0 Å². The summed E-state index contributed by atoms with van der Waals surface area (Å²) in [5, 5.41) is 0. The molecule has 0 aliphatic carbocycles. The van der Waals surface area contributed by atoms with Gasteiger partial charge in [0.1, 0.15) is 0 Å². The number of hydrogen-bond donors (Lipinski definition) is 0. The lowest BCUT2D eigenvalue weighted by atomic mass is 9.97. The summed E-state index contributed by atoms with van der Waals surface area (Å²) in [6, 6.07) is 0. The lowest BCUT2D eigenvalue weighted by molar-refractivity contribution is -0.155. The lowest BCUT2D eigenvalue weighted by Gasteiger charge is -2.16. The summed E-state index contributed by atoms with van der Waals surface area (Å²) >= 11 is 0. The van der Waals surface area contributed by atoms with Crippen LogP contribution in [0.3, 0.4) is 0 Å². The number of carbonyl (C=O) groups excluding carboxylic acids is 2. The Morgan fingerprint density at radius 2 is 0.789 bits per heavy atom. The molecule has 0 aliphatic heterocycles. The van der Waals surface area contributed by atoms with Gasteiger partial charge in [-0.15, -0.1) is 0 Å². The molecule has 0 aromatic heterocycles. The number of unbranched alkanes of at least 4 members (excludes halogenated alkanes) is 21. The van der Waals surface area contributed by atoms with Gasteiger partial charge in [-0.05, 0) is 19.3 Å². The Bertz CT molecular complexity index is 505. The number of esters is 2. The molecular formula is C34H66O4. The van der Waals surface area contributed by atoms with Gasteiger partial charge in [0.2, 0.25) is 0 Å². The summed E-state index contributed by atoms with van der Waals surface area (Å²) in [6.45, 7) is 7.68. The van der Waals surface area contributed by atoms with Gasteiger partial charge in [0.15, 0.2) is 0 Å². The molecule has 0 rings (SSSR count). The molecule has 0 fully saturated rings. The van der Waals surface area contributed by atoms with Crippen LogP contribution >= 0.6 is 0 Å². The van der Waals surface area contributed by atoms with Gasteiger partial charge < -0.3 is 9.47 Å². The van der Waals surface area contributed by atoms with Gasteiger partial charge >= 0.3 is 11.9 Å². The monoisotopic (exact) mass is 538 g/mol. The number of ether oxygens (including phenoxy) is 2. The Labute approximate surface area is 237 Å². The molecule has 0 aromatic rings. The fraction of sp³-hybridized carbons (Fsp3) is 0.941. The Kier molecular flexibility index (Phi) is 29.6. The summed E-state index contributed by atoms with van der Waals surface area (Å²) in [7, 11) is 0. The molecule has 4 nitrogen and oxygen atoms in total. The minimum absolute atomic E-state index is 0.170. The van der Waals surface area contributed by atoms with Gasteiger partial charge in [0.25, 0.3) is 0 Å². The van der Waals surface area contributed by atoms with Crippen molar-refractivity contribution in [2.75, 3.05) is 13.2 Å². The van der Waals surface area contributed by atoms with E-state index in [1.165, 1.54) is 116 Å². The molecule has 226 valence electrons. The van der Waals surface area contributed by atoms with Crippen molar-refractivity contribution in [2.45, 2.75) is 188 Å². The van der Waals surface area contributed by atoms with Gasteiger partial charge in [-0.1, -0.05) is 162 Å². The van der Waals surface area contributed by atoms with E-state index in [0.29, 0.717) is 13.2 Å². The normalized spacial score (nSPS) is 12.0. The Morgan fingerprint density at radius 3 is 1.21 bits per heavy atom. The Morgan fingerprint density at radius 1 is 0.447 bits per heavy atom. The molecule has 0 saturated carbocycles. The van der Waals surface area contributed by atoms with E-state index < -0.39 is 0 Å². The first-order chi connectivity index (χ1) is 18.7. The summed E-state index contributed by atoms with van der Waals surface area (Å²) < 4.78 is 11.1. The molecule has 0 N–H and O–H groups in total. The average Bonchev–Trinajstić information content (AvgIpc) is 2.91. The van der Waals surface area contributed by atoms with Gasteiger partial charge in [-0.3, -0.25) is 9.59 Å². The molecule has 0 aliphatic rings. The van der Waals surface area contributed by atoms with E-state index >= 15 is 0 Å². The van der Waals surface area contributed by atoms with Crippen molar-refractivity contribution in [1.29, 1.82) is 0 Å². The van der Waals surface area contributed by atoms with E-state index in [-0.39, 0.29) is 24.3 Å². The fourth-order valence-electron chi connectivity index (χ4n) is 5.04. The summed E-state index contributed by atoms with van der Waals surface area (Å²) in [6.07, 6.45) is 30.4. The maximum Gasteiger partial charge on any atom is 0.309 e. The molecule has 0 saturated heterocycles. The summed E-state index contributed by atoms with van der Waals surface area (Å²) in [5.41, 5.74) is 0. The van der Waals surface area contributed by atoms with Crippen molar-refractivity contribution in [3.8, 4) is 0 Å². The highest BCUT2D eigenvalue weighted by atomic mass is 16.5. The minimum Gasteiger partial charge on any atom is -0.466 e. The summed E-state index contributed by atoms with van der Waals surface area (Å²) in [5.74, 6) is -0.782. The van der Waals surface area contributed by atoms with Crippen LogP contribution in [0.1, 0.15) is 188 Å². The number of hydrogen-bond acceptors (Lipinski definition) is 4. The predicted molar refractivity (Wildman–Crippen MR) is 162 cm³/mol. The molecule has 0 aromatic carbocycles. The third-order valence-corrected chi connectivity index (χ3v) is 7.66. The molecule has 0 spiro atoms. The molecule has 4 heteroatoms. The highest BCUT2D eigenvalue weighted by Crippen LogP contribution is 2.19. The van der Waals surface area contributed by atoms with Crippen molar-refractivity contribution in [2.24, 2.45) is 5.92 Å². The Hall–Kier alpha value is -1.06. The zero-order chi connectivity index (χ0) is 27.9. The second-order valence-electron chi connectivity index (χ2n) is 11.5. The maximum atomic E-state index is 12.8. The van der Waals surface area contributed by atoms with Crippen molar-refractivity contribution in [3.05, 3.63) is 0 Å². The predicted octanol–water partition coefficient (Wildman–Crippen LogP) is 10.9. The Balaban J connectivity index is 4.23. The lowest BCUT2D eigenvalue weighted by Crippen LogP contribution is -2.23. The first-order valence-corrected chi connectivity index (χ1v) is 17.0. The molecular weight excluding hydrogens is 472 g/mol. The van der Waals surface area contributed by atoms with Crippen LogP contribution in [0.15, 0.2) is 0 Å². The molecule has 1 atom stereocenters. The van der Waals surface area contributed by atoms with Crippen molar-refractivity contribution < 1.29 is 19.1 Å². The van der Waals surface area contributed by atoms with Crippen LogP contribution in [-0.4, -0.2) is 25.2 Å². The van der Waals surface area contributed by atoms with Gasteiger partial charge in [0.05, 0.1) is 25.6 Å². The second kappa shape index (κ2) is 30.5. The van der Waals surface area contributed by atoms with Crippen LogP contribution in [0.25, 0.3) is 0 Å². The van der Waals surface area contributed by atoms with E-state index in [0.717, 1.165) is 44.9 Å². The van der Waals surface area contributed by atoms with Crippen LogP contribution in [0.5, 0.6) is 0 Å². The van der Waals surface area contributed by atoms with Gasteiger partial charge in [-0.2, -0.15) is 0 Å². The summed E-state index contributed by atoms with van der Waals surface area (Å²) in [4.78, 5) is 25.3. The average molecular weight is 539 g/mol. The van der Waals surface area contributed by atoms with E-state index in [4.69, 9.17) is 9.47 Å². The van der Waals surface area contributed by atoms with E-state index in [9.17, 15) is 9.59 Å². The van der Waals surface area contributed by atoms with Crippen LogP contribution in [-0.2, 0) is 19.1 Å².